The van der Waals surface area contributed by atoms with Crippen LogP contribution in [0.4, 0.5) is 17.6 Å². The Hall–Kier alpha value is -3.75. The van der Waals surface area contributed by atoms with E-state index in [-0.39, 0.29) is 33.3 Å². The molecule has 0 radical (unpaired) electrons. The van der Waals surface area contributed by atoms with Crippen LogP contribution in [-0.2, 0) is 20.1 Å². The zero-order chi connectivity index (χ0) is 23.7. The van der Waals surface area contributed by atoms with E-state index in [0.717, 1.165) is 18.2 Å². The van der Waals surface area contributed by atoms with Gasteiger partial charge in [0.2, 0.25) is 0 Å². The number of halogens is 4. The van der Waals surface area contributed by atoms with Crippen LogP contribution in [0.25, 0.3) is 22.0 Å². The fourth-order valence-corrected chi connectivity index (χ4v) is 3.64. The lowest BCUT2D eigenvalue weighted by Gasteiger charge is -2.17. The van der Waals surface area contributed by atoms with E-state index in [2.05, 4.69) is 10.1 Å². The number of aromatic nitrogens is 3. The van der Waals surface area contributed by atoms with Crippen molar-refractivity contribution in [1.29, 1.82) is 0 Å². The predicted molar refractivity (Wildman–Crippen MR) is 104 cm³/mol. The largest absolute Gasteiger partial charge is 0.328 e. The van der Waals surface area contributed by atoms with Crippen LogP contribution < -0.4 is 0 Å². The highest BCUT2D eigenvalue weighted by molar-refractivity contribution is 5.98. The van der Waals surface area contributed by atoms with Crippen LogP contribution in [0.5, 0.6) is 0 Å². The number of rotatable bonds is 3. The van der Waals surface area contributed by atoms with Gasteiger partial charge in [-0.15, -0.1) is 0 Å². The molecule has 1 aliphatic rings. The maximum absolute atomic E-state index is 15.0. The third-order valence-electron chi connectivity index (χ3n) is 5.10. The summed E-state index contributed by atoms with van der Waals surface area (Å²) in [6, 6.07) is 5.55. The van der Waals surface area contributed by atoms with Gasteiger partial charge >= 0.3 is 0 Å². The Labute approximate surface area is 176 Å². The summed E-state index contributed by atoms with van der Waals surface area (Å²) in [5, 5.41) is 4.02. The summed E-state index contributed by atoms with van der Waals surface area (Å²) in [7, 11) is 1.50. The first-order chi connectivity index (χ1) is 15.6. The van der Waals surface area contributed by atoms with Crippen molar-refractivity contribution in [3.8, 4) is 11.1 Å². The molecule has 156 valence electrons. The fourth-order valence-electron chi connectivity index (χ4n) is 3.64. The Kier molecular flexibility index (Phi) is 3.78. The normalized spacial score (nSPS) is 15.9. The van der Waals surface area contributed by atoms with E-state index in [1.165, 1.54) is 36.3 Å². The molecular weight excluding hydrogens is 412 g/mol. The molecule has 31 heavy (non-hydrogen) atoms. The summed E-state index contributed by atoms with van der Waals surface area (Å²) in [6.07, 6.45) is 2.73. The minimum atomic E-state index is -2.37. The molecule has 3 heterocycles. The molecule has 0 saturated carbocycles. The number of hydrogen-bond acceptors (Lipinski definition) is 3. The number of nitrogens with zero attached hydrogens (tertiary/aromatic N) is 4. The number of carbonyl (C=O) groups excluding carboxylic acids is 1. The van der Waals surface area contributed by atoms with Gasteiger partial charge in [0.1, 0.15) is 17.2 Å². The summed E-state index contributed by atoms with van der Waals surface area (Å²) < 4.78 is 76.0. The zero-order valence-electron chi connectivity index (χ0n) is 18.0. The van der Waals surface area contributed by atoms with Gasteiger partial charge in [-0.05, 0) is 41.5 Å². The molecule has 0 fully saturated rings. The van der Waals surface area contributed by atoms with Crippen LogP contribution in [-0.4, -0.2) is 25.6 Å². The summed E-state index contributed by atoms with van der Waals surface area (Å²) >= 11 is 0. The van der Waals surface area contributed by atoms with Crippen LogP contribution in [0, 0.1) is 23.3 Å². The van der Waals surface area contributed by atoms with E-state index < -0.39 is 47.8 Å². The highest BCUT2D eigenvalue weighted by Gasteiger charge is 2.30. The number of aryl methyl sites for hydroxylation is 1. The van der Waals surface area contributed by atoms with Crippen molar-refractivity contribution in [2.75, 3.05) is 0 Å². The molecule has 0 aliphatic carbocycles. The van der Waals surface area contributed by atoms with Crippen molar-refractivity contribution >= 4 is 16.8 Å². The third-order valence-corrected chi connectivity index (χ3v) is 5.10. The highest BCUT2D eigenvalue weighted by atomic mass is 19.2. The minimum absolute atomic E-state index is 0.0145. The summed E-state index contributed by atoms with van der Waals surface area (Å²) in [5.41, 5.74) is -0.974. The van der Waals surface area contributed by atoms with Gasteiger partial charge in [0.25, 0.3) is 5.91 Å². The standard InChI is InChI=1S/C22H14F4N4O/c1-29-8-14-13(7-18(25)20(26)21(14)28-29)11-5-16(23)15(17(24)6-11)9-30-10-19-12(22(30)31)3-2-4-27-19/h2-8H,9-10H2,1H3/i10D2. The second kappa shape index (κ2) is 6.90. The van der Waals surface area contributed by atoms with Crippen LogP contribution >= 0.6 is 0 Å². The number of carbonyl (C=O) groups is 1. The molecule has 4 aromatic rings. The number of pyridine rings is 1. The van der Waals surface area contributed by atoms with Crippen molar-refractivity contribution < 1.29 is 25.1 Å². The van der Waals surface area contributed by atoms with Gasteiger partial charge in [-0.1, -0.05) is 0 Å². The first-order valence-corrected chi connectivity index (χ1v) is 9.16. The molecular formula is C22H14F4N4O. The molecule has 9 heteroatoms. The molecule has 1 amide bonds. The van der Waals surface area contributed by atoms with Gasteiger partial charge in [-0.2, -0.15) is 5.10 Å². The number of fused-ring (bicyclic) bond motifs is 2. The molecule has 0 N–H and O–H groups in total. The van der Waals surface area contributed by atoms with Gasteiger partial charge < -0.3 is 4.90 Å². The first-order valence-electron chi connectivity index (χ1n) is 10.2. The average Bonchev–Trinajstić information content (AvgIpc) is 3.24. The van der Waals surface area contributed by atoms with Gasteiger partial charge in [0, 0.05) is 30.4 Å². The maximum Gasteiger partial charge on any atom is 0.256 e. The molecule has 0 unspecified atom stereocenters. The number of benzene rings is 2. The SMILES string of the molecule is [2H]C1([2H])c2ncccc2C(=O)N1Cc1c(F)cc(-c2cc(F)c(F)c3nn(C)cc23)cc1F. The molecule has 0 atom stereocenters. The molecule has 1 aliphatic heterocycles. The first kappa shape index (κ1) is 17.0. The van der Waals surface area contributed by atoms with Crippen molar-refractivity contribution in [3.63, 3.8) is 0 Å². The Bertz CT molecular complexity index is 1450. The minimum Gasteiger partial charge on any atom is -0.328 e. The molecule has 0 bridgehead atoms. The van der Waals surface area contributed by atoms with Crippen molar-refractivity contribution in [2.24, 2.45) is 7.05 Å². The van der Waals surface area contributed by atoms with E-state index in [4.69, 9.17) is 2.74 Å². The molecule has 5 rings (SSSR count). The fraction of sp³-hybridized carbons (Fsp3) is 0.136. The number of amides is 1. The Balaban J connectivity index is 1.57. The number of hydrogen-bond donors (Lipinski definition) is 0. The van der Waals surface area contributed by atoms with Crippen LogP contribution in [0.2, 0.25) is 0 Å². The smallest absolute Gasteiger partial charge is 0.256 e. The van der Waals surface area contributed by atoms with Crippen molar-refractivity contribution in [1.82, 2.24) is 19.7 Å². The van der Waals surface area contributed by atoms with Crippen LogP contribution in [0.3, 0.4) is 0 Å². The van der Waals surface area contributed by atoms with Crippen molar-refractivity contribution in [2.45, 2.75) is 13.0 Å². The molecule has 2 aromatic heterocycles. The monoisotopic (exact) mass is 428 g/mol. The van der Waals surface area contributed by atoms with Gasteiger partial charge in [0.15, 0.2) is 11.6 Å². The van der Waals surface area contributed by atoms with Crippen LogP contribution in [0.15, 0.2) is 42.7 Å². The van der Waals surface area contributed by atoms with E-state index in [1.807, 2.05) is 0 Å². The van der Waals surface area contributed by atoms with Gasteiger partial charge in [-0.25, -0.2) is 17.6 Å². The molecule has 5 nitrogen and oxygen atoms in total. The Morgan fingerprint density at radius 1 is 1.10 bits per heavy atom. The van der Waals surface area contributed by atoms with E-state index in [1.54, 1.807) is 0 Å². The lowest BCUT2D eigenvalue weighted by Crippen LogP contribution is -2.24. The second-order valence-corrected chi connectivity index (χ2v) is 7.11. The predicted octanol–water partition coefficient (Wildman–Crippen LogP) is 4.35. The topological polar surface area (TPSA) is 51.0 Å². The third kappa shape index (κ3) is 3.04. The summed E-state index contributed by atoms with van der Waals surface area (Å²) in [5.74, 6) is -5.28. The van der Waals surface area contributed by atoms with Gasteiger partial charge in [0.05, 0.1) is 27.0 Å². The maximum atomic E-state index is 15.0. The van der Waals surface area contributed by atoms with Crippen molar-refractivity contribution in [3.05, 3.63) is 82.8 Å². The quantitative estimate of drug-likeness (QED) is 0.456. The molecule has 0 spiro atoms. The Morgan fingerprint density at radius 2 is 1.84 bits per heavy atom. The van der Waals surface area contributed by atoms with E-state index >= 15 is 8.78 Å². The molecule has 0 saturated heterocycles. The second-order valence-electron chi connectivity index (χ2n) is 7.11. The summed E-state index contributed by atoms with van der Waals surface area (Å²) in [6.45, 7) is -3.06. The lowest BCUT2D eigenvalue weighted by molar-refractivity contribution is 0.0763. The Morgan fingerprint density at radius 3 is 2.55 bits per heavy atom. The van der Waals surface area contributed by atoms with Crippen LogP contribution in [0.1, 0.15) is 24.4 Å². The highest BCUT2D eigenvalue weighted by Crippen LogP contribution is 2.34. The molecule has 2 aromatic carbocycles. The zero-order valence-corrected chi connectivity index (χ0v) is 16.0. The summed E-state index contributed by atoms with van der Waals surface area (Å²) in [4.78, 5) is 17.3. The average molecular weight is 428 g/mol. The van der Waals surface area contributed by atoms with E-state index in [9.17, 15) is 13.6 Å². The van der Waals surface area contributed by atoms with E-state index in [0.29, 0.717) is 4.90 Å². The van der Waals surface area contributed by atoms with Gasteiger partial charge in [-0.3, -0.25) is 14.5 Å². The lowest BCUT2D eigenvalue weighted by atomic mass is 9.99.